The molecule has 9 heteroatoms. The van der Waals surface area contributed by atoms with Gasteiger partial charge in [0.1, 0.15) is 17.7 Å². The summed E-state index contributed by atoms with van der Waals surface area (Å²) in [7, 11) is 0. The van der Waals surface area contributed by atoms with E-state index < -0.39 is 6.04 Å². The molecule has 2 aromatic carbocycles. The molecule has 0 saturated carbocycles. The minimum Gasteiger partial charge on any atom is -0.324 e. The van der Waals surface area contributed by atoms with Crippen LogP contribution < -0.4 is 5.32 Å². The number of hydrogen-bond acceptors (Lipinski definition) is 6. The highest BCUT2D eigenvalue weighted by atomic mass is 32.2. The Morgan fingerprint density at radius 3 is 2.69 bits per heavy atom. The molecular weight excluding hydrogens is 409 g/mol. The number of nitrogens with one attached hydrogen (secondary N) is 1. The number of thioether (sulfide) groups is 2. The van der Waals surface area contributed by atoms with Gasteiger partial charge in [0.15, 0.2) is 0 Å². The molecule has 0 bridgehead atoms. The van der Waals surface area contributed by atoms with E-state index in [1.807, 2.05) is 41.7 Å². The lowest BCUT2D eigenvalue weighted by Gasteiger charge is -2.18. The van der Waals surface area contributed by atoms with Gasteiger partial charge in [0.05, 0.1) is 4.58 Å². The predicted molar refractivity (Wildman–Crippen MR) is 114 cm³/mol. The van der Waals surface area contributed by atoms with E-state index in [1.165, 1.54) is 22.4 Å². The predicted octanol–water partition coefficient (Wildman–Crippen LogP) is 4.02. The third kappa shape index (κ3) is 4.79. The lowest BCUT2D eigenvalue weighted by molar-refractivity contribution is -0.119. The van der Waals surface area contributed by atoms with Crippen LogP contribution in [0.3, 0.4) is 0 Å². The summed E-state index contributed by atoms with van der Waals surface area (Å²) in [6, 6.07) is 13.4. The van der Waals surface area contributed by atoms with Crippen molar-refractivity contribution in [1.29, 1.82) is 0 Å². The number of rotatable bonds is 6. The number of carbonyl (C=O) groups excluding carboxylic acids is 1. The summed E-state index contributed by atoms with van der Waals surface area (Å²) in [4.78, 5) is 13.2. The van der Waals surface area contributed by atoms with Gasteiger partial charge in [-0.15, -0.1) is 28.6 Å². The van der Waals surface area contributed by atoms with E-state index in [0.717, 1.165) is 22.8 Å². The summed E-state index contributed by atoms with van der Waals surface area (Å²) < 4.78 is 15.2. The van der Waals surface area contributed by atoms with Crippen LogP contribution in [0.4, 0.5) is 10.1 Å². The van der Waals surface area contributed by atoms with Crippen molar-refractivity contribution in [3.05, 3.63) is 71.3 Å². The molecule has 0 radical (unpaired) electrons. The number of aromatic nitrogens is 4. The van der Waals surface area contributed by atoms with Gasteiger partial charge >= 0.3 is 0 Å². The van der Waals surface area contributed by atoms with Crippen LogP contribution in [0.2, 0.25) is 0 Å². The van der Waals surface area contributed by atoms with Crippen molar-refractivity contribution in [2.24, 2.45) is 0 Å². The van der Waals surface area contributed by atoms with Gasteiger partial charge in [-0.25, -0.2) is 9.07 Å². The molecule has 1 amide bonds. The van der Waals surface area contributed by atoms with Crippen LogP contribution in [0.1, 0.15) is 27.6 Å². The highest BCUT2D eigenvalue weighted by Gasteiger charge is 2.25. The zero-order chi connectivity index (χ0) is 20.2. The fourth-order valence-corrected chi connectivity index (χ4v) is 6.04. The van der Waals surface area contributed by atoms with Gasteiger partial charge in [-0.3, -0.25) is 4.79 Å². The molecule has 1 unspecified atom stereocenters. The molecule has 1 aliphatic rings. The first kappa shape index (κ1) is 19.9. The minimum atomic E-state index is -0.644. The van der Waals surface area contributed by atoms with E-state index in [4.69, 9.17) is 0 Å². The third-order valence-electron chi connectivity index (χ3n) is 4.65. The number of benzene rings is 2. The first-order chi connectivity index (χ1) is 14.1. The average Bonchev–Trinajstić information content (AvgIpc) is 3.40. The monoisotopic (exact) mass is 429 g/mol. The Morgan fingerprint density at radius 2 is 2.00 bits per heavy atom. The zero-order valence-electron chi connectivity index (χ0n) is 15.8. The van der Waals surface area contributed by atoms with Crippen LogP contribution in [0, 0.1) is 12.7 Å². The van der Waals surface area contributed by atoms with Gasteiger partial charge in [-0.1, -0.05) is 24.3 Å². The maximum Gasteiger partial charge on any atom is 0.249 e. The molecule has 0 aliphatic carbocycles. The Hall–Kier alpha value is -2.39. The zero-order valence-corrected chi connectivity index (χ0v) is 17.4. The van der Waals surface area contributed by atoms with Crippen LogP contribution >= 0.6 is 23.5 Å². The Bertz CT molecular complexity index is 989. The summed E-state index contributed by atoms with van der Waals surface area (Å²) in [5, 5.41) is 14.6. The Morgan fingerprint density at radius 1 is 1.24 bits per heavy atom. The second-order valence-electron chi connectivity index (χ2n) is 6.71. The Labute approximate surface area is 176 Å². The number of carbonyl (C=O) groups is 1. The maximum atomic E-state index is 13.3. The van der Waals surface area contributed by atoms with Crippen molar-refractivity contribution < 1.29 is 9.18 Å². The van der Waals surface area contributed by atoms with E-state index in [-0.39, 0.29) is 11.7 Å². The molecule has 3 aromatic rings. The van der Waals surface area contributed by atoms with Crippen LogP contribution in [0.25, 0.3) is 0 Å². The molecule has 1 fully saturated rings. The summed E-state index contributed by atoms with van der Waals surface area (Å²) in [5.41, 5.74) is 2.77. The van der Waals surface area contributed by atoms with Crippen molar-refractivity contribution in [2.75, 3.05) is 16.8 Å². The quantitative estimate of drug-likeness (QED) is 0.638. The van der Waals surface area contributed by atoms with Gasteiger partial charge in [0.25, 0.3) is 0 Å². The molecule has 29 heavy (non-hydrogen) atoms. The standard InChI is InChI=1S/C20H20FN5OS2/c1-13-23-24-25-26(13)18(11-14-5-7-16(21)8-6-14)19(27)22-17-4-2-3-15(12-17)20-28-9-10-29-20/h2-8,12,18,20H,9-11H2,1H3,(H,22,27). The minimum absolute atomic E-state index is 0.214. The lowest BCUT2D eigenvalue weighted by atomic mass is 10.0. The van der Waals surface area contributed by atoms with Gasteiger partial charge < -0.3 is 5.32 Å². The summed E-state index contributed by atoms with van der Waals surface area (Å²) in [6.45, 7) is 1.75. The first-order valence-electron chi connectivity index (χ1n) is 9.23. The number of halogens is 1. The molecule has 0 spiro atoms. The fourth-order valence-electron chi connectivity index (χ4n) is 3.20. The molecular formula is C20H20FN5OS2. The summed E-state index contributed by atoms with van der Waals surface area (Å²) in [6.07, 6.45) is 0.353. The van der Waals surface area contributed by atoms with Crippen molar-refractivity contribution in [2.45, 2.75) is 24.0 Å². The molecule has 1 atom stereocenters. The van der Waals surface area contributed by atoms with Crippen LogP contribution in [-0.4, -0.2) is 37.6 Å². The second-order valence-corrected chi connectivity index (χ2v) is 9.43. The Kier molecular flexibility index (Phi) is 6.15. The van der Waals surface area contributed by atoms with E-state index in [0.29, 0.717) is 16.8 Å². The SMILES string of the molecule is Cc1nnnn1C(Cc1ccc(F)cc1)C(=O)Nc1cccc(C2SCCS2)c1. The van der Waals surface area contributed by atoms with Gasteiger partial charge in [-0.2, -0.15) is 0 Å². The van der Waals surface area contributed by atoms with Crippen molar-refractivity contribution >= 4 is 35.1 Å². The van der Waals surface area contributed by atoms with Crippen LogP contribution in [-0.2, 0) is 11.2 Å². The van der Waals surface area contributed by atoms with Crippen LogP contribution in [0.5, 0.6) is 0 Å². The molecule has 1 N–H and O–H groups in total. The van der Waals surface area contributed by atoms with Gasteiger partial charge in [-0.05, 0) is 52.7 Å². The van der Waals surface area contributed by atoms with E-state index in [1.54, 1.807) is 19.1 Å². The summed E-state index contributed by atoms with van der Waals surface area (Å²) in [5.74, 6) is 2.30. The summed E-state index contributed by atoms with van der Waals surface area (Å²) >= 11 is 3.84. The highest BCUT2D eigenvalue weighted by Crippen LogP contribution is 2.45. The topological polar surface area (TPSA) is 72.7 Å². The van der Waals surface area contributed by atoms with Crippen molar-refractivity contribution in [3.8, 4) is 0 Å². The number of tetrazole rings is 1. The number of nitrogens with zero attached hydrogens (tertiary/aromatic N) is 4. The maximum absolute atomic E-state index is 13.3. The van der Waals surface area contributed by atoms with Gasteiger partial charge in [0, 0.05) is 23.6 Å². The second kappa shape index (κ2) is 8.96. The number of anilines is 1. The average molecular weight is 430 g/mol. The van der Waals surface area contributed by atoms with Crippen molar-refractivity contribution in [3.63, 3.8) is 0 Å². The van der Waals surface area contributed by atoms with E-state index in [2.05, 4.69) is 26.9 Å². The fraction of sp³-hybridized carbons (Fsp3) is 0.300. The molecule has 4 rings (SSSR count). The van der Waals surface area contributed by atoms with E-state index in [9.17, 15) is 9.18 Å². The molecule has 1 aromatic heterocycles. The van der Waals surface area contributed by atoms with E-state index >= 15 is 0 Å². The van der Waals surface area contributed by atoms with Gasteiger partial charge in [0.2, 0.25) is 5.91 Å². The van der Waals surface area contributed by atoms with Crippen LogP contribution in [0.15, 0.2) is 48.5 Å². The Balaban J connectivity index is 1.56. The molecule has 2 heterocycles. The number of amides is 1. The van der Waals surface area contributed by atoms with Crippen molar-refractivity contribution in [1.82, 2.24) is 20.2 Å². The largest absolute Gasteiger partial charge is 0.324 e. The lowest BCUT2D eigenvalue weighted by Crippen LogP contribution is -2.29. The first-order valence-corrected chi connectivity index (χ1v) is 11.3. The normalized spacial score (nSPS) is 15.4. The third-order valence-corrected chi connectivity index (χ3v) is 7.75. The molecule has 6 nitrogen and oxygen atoms in total. The molecule has 150 valence electrons. The smallest absolute Gasteiger partial charge is 0.249 e. The number of aryl methyl sites for hydroxylation is 1. The molecule has 1 saturated heterocycles. The number of hydrogen-bond donors (Lipinski definition) is 1. The molecule has 1 aliphatic heterocycles. The highest BCUT2D eigenvalue weighted by molar-refractivity contribution is 8.19.